The third-order valence-corrected chi connectivity index (χ3v) is 1.08. The van der Waals surface area contributed by atoms with Gasteiger partial charge in [-0.2, -0.15) is 0 Å². The van der Waals surface area contributed by atoms with E-state index in [1.807, 2.05) is 0 Å². The first-order valence-corrected chi connectivity index (χ1v) is 2.83. The molecule has 1 rings (SSSR count). The van der Waals surface area contributed by atoms with Crippen molar-refractivity contribution in [2.45, 2.75) is 0 Å². The topological polar surface area (TPSA) is 39.2 Å². The minimum absolute atomic E-state index is 0. The molecule has 0 saturated heterocycles. The van der Waals surface area contributed by atoms with Gasteiger partial charge in [-0.3, -0.25) is 4.98 Å². The van der Waals surface area contributed by atoms with Crippen molar-refractivity contribution in [1.29, 1.82) is 0 Å². The van der Waals surface area contributed by atoms with Gasteiger partial charge < -0.3 is 4.74 Å². The maximum atomic E-state index is 10.8. The van der Waals surface area contributed by atoms with E-state index in [-0.39, 0.29) is 37.1 Å². The maximum Gasteiger partial charge on any atom is 0.339 e. The SMILES string of the molecule is COC(=O)c1cccnc1.[U]. The van der Waals surface area contributed by atoms with E-state index < -0.39 is 0 Å². The van der Waals surface area contributed by atoms with Crippen LogP contribution in [0.15, 0.2) is 24.5 Å². The molecule has 0 saturated carbocycles. The number of carbonyl (C=O) groups is 1. The molecule has 4 heteroatoms. The smallest absolute Gasteiger partial charge is 0.339 e. The number of methoxy groups -OCH3 is 1. The zero-order chi connectivity index (χ0) is 7.40. The Morgan fingerprint density at radius 1 is 1.64 bits per heavy atom. The molecule has 0 aromatic carbocycles. The molecule has 0 N–H and O–H groups in total. The molecule has 0 spiro atoms. The summed E-state index contributed by atoms with van der Waals surface area (Å²) < 4.78 is 4.46. The first kappa shape index (κ1) is 10.7. The van der Waals surface area contributed by atoms with Gasteiger partial charge in [-0.05, 0) is 12.1 Å². The molecule has 0 radical (unpaired) electrons. The van der Waals surface area contributed by atoms with Crippen LogP contribution < -0.4 is 0 Å². The summed E-state index contributed by atoms with van der Waals surface area (Å²) in [7, 11) is 1.34. The number of esters is 1. The molecule has 0 unspecified atom stereocenters. The van der Waals surface area contributed by atoms with Crippen molar-refractivity contribution in [2.24, 2.45) is 0 Å². The first-order valence-electron chi connectivity index (χ1n) is 2.83. The molecular formula is C7H7NO2U. The van der Waals surface area contributed by atoms with Gasteiger partial charge in [0.15, 0.2) is 0 Å². The van der Waals surface area contributed by atoms with Crippen LogP contribution in [0, 0.1) is 31.1 Å². The quantitative estimate of drug-likeness (QED) is 0.684. The van der Waals surface area contributed by atoms with Crippen molar-refractivity contribution in [3.8, 4) is 0 Å². The molecule has 11 heavy (non-hydrogen) atoms. The number of carbonyl (C=O) groups excluding carboxylic acids is 1. The number of pyridine rings is 1. The average Bonchev–Trinajstić information content (AvgIpc) is 2.05. The molecule has 0 bridgehead atoms. The summed E-state index contributed by atoms with van der Waals surface area (Å²) in [6.45, 7) is 0. The van der Waals surface area contributed by atoms with Gasteiger partial charge in [-0.1, -0.05) is 0 Å². The Labute approximate surface area is 88.5 Å². The van der Waals surface area contributed by atoms with E-state index in [2.05, 4.69) is 9.72 Å². The number of hydrogen-bond donors (Lipinski definition) is 0. The van der Waals surface area contributed by atoms with Crippen LogP contribution in [-0.4, -0.2) is 18.1 Å². The molecule has 3 nitrogen and oxygen atoms in total. The molecule has 0 atom stereocenters. The number of rotatable bonds is 1. The van der Waals surface area contributed by atoms with Crippen LogP contribution in [0.2, 0.25) is 0 Å². The first-order chi connectivity index (χ1) is 4.84. The molecule has 0 amide bonds. The van der Waals surface area contributed by atoms with Crippen molar-refractivity contribution in [3.05, 3.63) is 30.1 Å². The van der Waals surface area contributed by atoms with E-state index in [1.165, 1.54) is 13.3 Å². The van der Waals surface area contributed by atoms with E-state index in [0.29, 0.717) is 5.56 Å². The van der Waals surface area contributed by atoms with Crippen LogP contribution in [0.5, 0.6) is 0 Å². The summed E-state index contributed by atoms with van der Waals surface area (Å²) in [6, 6.07) is 3.34. The molecule has 0 aliphatic rings. The summed E-state index contributed by atoms with van der Waals surface area (Å²) >= 11 is 0. The van der Waals surface area contributed by atoms with Gasteiger partial charge in [-0.25, -0.2) is 4.79 Å². The third kappa shape index (κ3) is 3.05. The second kappa shape index (κ2) is 5.34. The monoisotopic (exact) mass is 375 g/mol. The van der Waals surface area contributed by atoms with E-state index in [0.717, 1.165) is 0 Å². The van der Waals surface area contributed by atoms with Gasteiger partial charge in [0.2, 0.25) is 0 Å². The predicted molar refractivity (Wildman–Crippen MR) is 35.6 cm³/mol. The van der Waals surface area contributed by atoms with Crippen molar-refractivity contribution < 1.29 is 40.6 Å². The fourth-order valence-electron chi connectivity index (χ4n) is 0.601. The Bertz CT molecular complexity index is 225. The number of ether oxygens (including phenoxy) is 1. The van der Waals surface area contributed by atoms with Gasteiger partial charge in [0.05, 0.1) is 12.7 Å². The van der Waals surface area contributed by atoms with Crippen molar-refractivity contribution >= 4 is 5.97 Å². The van der Waals surface area contributed by atoms with E-state index >= 15 is 0 Å². The van der Waals surface area contributed by atoms with Gasteiger partial charge >= 0.3 is 5.97 Å². The Morgan fingerprint density at radius 2 is 2.36 bits per heavy atom. The zero-order valence-electron chi connectivity index (χ0n) is 6.07. The summed E-state index contributed by atoms with van der Waals surface area (Å²) in [5, 5.41) is 0. The molecule has 0 aliphatic carbocycles. The maximum absolute atomic E-state index is 10.8. The van der Waals surface area contributed by atoms with Crippen LogP contribution in [0.1, 0.15) is 10.4 Å². The predicted octanol–water partition coefficient (Wildman–Crippen LogP) is 0.868. The number of nitrogens with zero attached hydrogens (tertiary/aromatic N) is 1. The molecule has 1 aromatic heterocycles. The minimum Gasteiger partial charge on any atom is -0.465 e. The third-order valence-electron chi connectivity index (χ3n) is 1.08. The zero-order valence-corrected chi connectivity index (χ0v) is 10.2. The molecule has 1 heterocycles. The van der Waals surface area contributed by atoms with Crippen LogP contribution in [0.25, 0.3) is 0 Å². The molecule has 0 aliphatic heterocycles. The molecular weight excluding hydrogens is 368 g/mol. The van der Waals surface area contributed by atoms with Crippen LogP contribution in [0.3, 0.4) is 0 Å². The second-order valence-electron chi connectivity index (χ2n) is 1.73. The summed E-state index contributed by atoms with van der Waals surface area (Å²) in [5.74, 6) is -0.354. The molecule has 0 fully saturated rings. The van der Waals surface area contributed by atoms with Crippen LogP contribution in [-0.2, 0) is 4.74 Å². The second-order valence-corrected chi connectivity index (χ2v) is 1.73. The van der Waals surface area contributed by atoms with Gasteiger partial charge in [0, 0.05) is 43.5 Å². The minimum atomic E-state index is -0.354. The van der Waals surface area contributed by atoms with Crippen molar-refractivity contribution in [3.63, 3.8) is 0 Å². The van der Waals surface area contributed by atoms with Crippen LogP contribution >= 0.6 is 0 Å². The normalized spacial score (nSPS) is 8.09. The summed E-state index contributed by atoms with van der Waals surface area (Å²) in [5.41, 5.74) is 0.477. The largest absolute Gasteiger partial charge is 0.465 e. The summed E-state index contributed by atoms with van der Waals surface area (Å²) in [6.07, 6.45) is 3.07. The van der Waals surface area contributed by atoms with E-state index in [4.69, 9.17) is 0 Å². The van der Waals surface area contributed by atoms with Crippen LogP contribution in [0.4, 0.5) is 0 Å². The van der Waals surface area contributed by atoms with Gasteiger partial charge in [0.1, 0.15) is 0 Å². The number of hydrogen-bond acceptors (Lipinski definition) is 3. The Hall–Kier alpha value is -0.328. The van der Waals surface area contributed by atoms with Crippen molar-refractivity contribution in [1.82, 2.24) is 4.98 Å². The van der Waals surface area contributed by atoms with Gasteiger partial charge in [0.25, 0.3) is 0 Å². The van der Waals surface area contributed by atoms with Gasteiger partial charge in [-0.15, -0.1) is 0 Å². The Balaban J connectivity index is 0.000001000. The van der Waals surface area contributed by atoms with E-state index in [9.17, 15) is 4.79 Å². The Morgan fingerprint density at radius 3 is 2.82 bits per heavy atom. The molecule has 56 valence electrons. The number of aromatic nitrogens is 1. The molecule has 1 aromatic rings. The fourth-order valence-corrected chi connectivity index (χ4v) is 0.601. The average molecular weight is 375 g/mol. The Kier molecular flexibility index (Phi) is 5.18. The van der Waals surface area contributed by atoms with E-state index in [1.54, 1.807) is 18.3 Å². The van der Waals surface area contributed by atoms with Crippen molar-refractivity contribution in [2.75, 3.05) is 7.11 Å². The summed E-state index contributed by atoms with van der Waals surface area (Å²) in [4.78, 5) is 14.5. The fraction of sp³-hybridized carbons (Fsp3) is 0.143. The standard InChI is InChI=1S/C7H7NO2.U/c1-10-7(9)6-3-2-4-8-5-6;/h2-5H,1H3;.